The van der Waals surface area contributed by atoms with E-state index in [1.165, 1.54) is 10.8 Å². The Kier molecular flexibility index (Phi) is 14.5. The highest BCUT2D eigenvalue weighted by Crippen LogP contribution is 2.58. The predicted octanol–water partition coefficient (Wildman–Crippen LogP) is 8.57. The van der Waals surface area contributed by atoms with Crippen molar-refractivity contribution in [1.82, 2.24) is 14.2 Å². The molecule has 326 valence electrons. The summed E-state index contributed by atoms with van der Waals surface area (Å²) in [6, 6.07) is 37.6. The maximum atomic E-state index is 13.4. The molecule has 6 atom stereocenters. The minimum Gasteiger partial charge on any atom is -0.497 e. The van der Waals surface area contributed by atoms with E-state index in [0.29, 0.717) is 11.5 Å². The topological polar surface area (TPSA) is 147 Å². The lowest BCUT2D eigenvalue weighted by molar-refractivity contribution is -0.114. The summed E-state index contributed by atoms with van der Waals surface area (Å²) in [5, 5.41) is 9.53. The van der Waals surface area contributed by atoms with Gasteiger partial charge in [0.15, 0.2) is 0 Å². The number of halogens is 1. The van der Waals surface area contributed by atoms with E-state index < -0.39 is 55.5 Å². The number of nitrogens with zero attached hydrogens (tertiary/aromatic N) is 3. The van der Waals surface area contributed by atoms with Crippen molar-refractivity contribution in [2.75, 3.05) is 27.4 Å². The molecule has 0 spiro atoms. The van der Waals surface area contributed by atoms with Crippen molar-refractivity contribution < 1.29 is 32.7 Å². The van der Waals surface area contributed by atoms with Crippen molar-refractivity contribution in [2.45, 2.75) is 88.4 Å². The lowest BCUT2D eigenvalue weighted by atomic mass is 9.80. The molecule has 5 aromatic rings. The van der Waals surface area contributed by atoms with Crippen LogP contribution in [0.1, 0.15) is 69.0 Å². The van der Waals surface area contributed by atoms with Crippen molar-refractivity contribution in [3.63, 3.8) is 0 Å². The number of benzene rings is 4. The van der Waals surface area contributed by atoms with E-state index in [0.717, 1.165) is 22.3 Å². The monoisotopic (exact) mass is 926 g/mol. The Morgan fingerprint density at radius 2 is 1.45 bits per heavy atom. The van der Waals surface area contributed by atoms with Gasteiger partial charge in [-0.25, -0.2) is 9.46 Å². The molecule has 2 aliphatic heterocycles. The van der Waals surface area contributed by atoms with Crippen molar-refractivity contribution in [2.24, 2.45) is 0 Å². The third-order valence-corrected chi connectivity index (χ3v) is 14.0. The zero-order valence-electron chi connectivity index (χ0n) is 35.6. The average Bonchev–Trinajstić information content (AvgIpc) is 3.80. The number of ether oxygens (including phenoxy) is 5. The molecule has 2 saturated heterocycles. The third kappa shape index (κ3) is 9.05. The van der Waals surface area contributed by atoms with Gasteiger partial charge in [0.25, 0.3) is 14.1 Å². The van der Waals surface area contributed by atoms with Crippen LogP contribution >= 0.6 is 24.5 Å². The van der Waals surface area contributed by atoms with Gasteiger partial charge in [0.2, 0.25) is 0 Å². The number of hydrogen-bond acceptors (Lipinski definition) is 11. The number of hydrogen-bond donors (Lipinski definition) is 1. The van der Waals surface area contributed by atoms with Gasteiger partial charge in [-0.05, 0) is 90.1 Å². The molecule has 0 amide bonds. The van der Waals surface area contributed by atoms with Crippen LogP contribution in [-0.4, -0.2) is 72.1 Å². The first-order valence-electron chi connectivity index (χ1n) is 20.6. The molecule has 0 aliphatic carbocycles. The number of methoxy groups -OCH3 is 2. The van der Waals surface area contributed by atoms with Crippen molar-refractivity contribution in [1.29, 1.82) is 5.26 Å². The van der Waals surface area contributed by atoms with Crippen LogP contribution < -0.4 is 20.7 Å². The molecule has 1 unspecified atom stereocenters. The first-order valence-corrected chi connectivity index (χ1v) is 22.5. The highest BCUT2D eigenvalue weighted by molar-refractivity contribution is 9.10. The molecule has 1 N–H and O–H groups in total. The summed E-state index contributed by atoms with van der Waals surface area (Å²) >= 11 is 3.30. The van der Waals surface area contributed by atoms with E-state index in [1.54, 1.807) is 14.2 Å². The summed E-state index contributed by atoms with van der Waals surface area (Å²) in [5.74, 6) is 1.39. The molecule has 0 radical (unpaired) electrons. The summed E-state index contributed by atoms with van der Waals surface area (Å²) in [6.07, 6.45) is -1.46. The van der Waals surface area contributed by atoms with Crippen LogP contribution in [0.4, 0.5) is 0 Å². The molecule has 15 heteroatoms. The summed E-state index contributed by atoms with van der Waals surface area (Å²) in [7, 11) is 1.45. The molecular weight excluding hydrogens is 875 g/mol. The first-order chi connectivity index (χ1) is 29.9. The van der Waals surface area contributed by atoms with Gasteiger partial charge in [0, 0.05) is 24.7 Å². The highest BCUT2D eigenvalue weighted by atomic mass is 79.9. The molecule has 2 fully saturated rings. The summed E-state index contributed by atoms with van der Waals surface area (Å²) in [6.45, 7) is 8.46. The van der Waals surface area contributed by atoms with E-state index in [2.05, 4.69) is 59.3 Å². The van der Waals surface area contributed by atoms with Crippen LogP contribution in [0, 0.1) is 11.3 Å². The Bertz CT molecular complexity index is 2360. The number of fused-ring (bicyclic) bond motifs is 1. The van der Waals surface area contributed by atoms with Gasteiger partial charge < -0.3 is 32.7 Å². The number of H-pyrrole nitrogens is 1. The molecule has 7 rings (SSSR count). The average molecular weight is 928 g/mol. The van der Waals surface area contributed by atoms with Gasteiger partial charge in [-0.15, -0.1) is 0 Å². The molecule has 2 aliphatic rings. The molecule has 4 aromatic carbocycles. The highest BCUT2D eigenvalue weighted by Gasteiger charge is 2.64. The zero-order chi connectivity index (χ0) is 44.0. The minimum absolute atomic E-state index is 0.00397. The standard InChI is InChI=1S/C47H52BrN4O9P/c1-31(2)52(32(3)4)62(58-27-13-26-49)61-42-40(60-46(33-14-9-7-10-15-33)28-41(59-43(42)46)51-29-39(48)44(53)50-45(51)54)30-57-47(34-16-11-8-12-17-34,35-18-22-37(55-5)23-19-35)36-20-24-38(56-6)25-21-36/h7-12,14-25,29,31-32,40-43H,13,27-28,30H2,1-6H3,(H,50,53,54)/t40-,41+,42-,43-,46+,62?/m1/s1. The number of aromatic amines is 1. The van der Waals surface area contributed by atoms with Crippen molar-refractivity contribution in [3.05, 3.63) is 163 Å². The van der Waals surface area contributed by atoms with Gasteiger partial charge in [-0.2, -0.15) is 5.26 Å². The Hall–Kier alpha value is -4.68. The summed E-state index contributed by atoms with van der Waals surface area (Å²) < 4.78 is 50.4. The van der Waals surface area contributed by atoms with E-state index in [1.807, 2.05) is 109 Å². The fourth-order valence-electron chi connectivity index (χ4n) is 8.53. The molecule has 1 aromatic heterocycles. The number of nitriles is 1. The van der Waals surface area contributed by atoms with Gasteiger partial charge >= 0.3 is 5.69 Å². The molecule has 0 bridgehead atoms. The second-order valence-electron chi connectivity index (χ2n) is 15.7. The van der Waals surface area contributed by atoms with Gasteiger partial charge in [-0.1, -0.05) is 84.9 Å². The number of nitrogens with one attached hydrogen (secondary N) is 1. The normalized spacial score (nSPS) is 21.6. The largest absolute Gasteiger partial charge is 0.497 e. The van der Waals surface area contributed by atoms with E-state index >= 15 is 0 Å². The third-order valence-electron chi connectivity index (χ3n) is 11.3. The Labute approximate surface area is 371 Å². The SMILES string of the molecule is COc1ccc(C(OC[C@H]2O[C@]3(c4ccccc4)C[C@@H](n4cc(Br)c(=O)[nH]c4=O)O[C@@H]3[C@@H]2OP(OCCC#N)N(C(C)C)C(C)C)(c2ccccc2)c2ccc(OC)cc2)cc1. The molecule has 0 saturated carbocycles. The van der Waals surface area contributed by atoms with Crippen LogP contribution in [0.25, 0.3) is 0 Å². The quantitative estimate of drug-likeness (QED) is 0.0513. The zero-order valence-corrected chi connectivity index (χ0v) is 38.1. The fraction of sp³-hybridized carbons (Fsp3) is 0.383. The summed E-state index contributed by atoms with van der Waals surface area (Å²) in [4.78, 5) is 28.2. The van der Waals surface area contributed by atoms with E-state index in [4.69, 9.17) is 32.7 Å². The van der Waals surface area contributed by atoms with Crippen molar-refractivity contribution >= 4 is 24.5 Å². The Morgan fingerprint density at radius 1 is 0.887 bits per heavy atom. The van der Waals surface area contributed by atoms with Crippen LogP contribution in [-0.2, 0) is 34.5 Å². The lowest BCUT2D eigenvalue weighted by Crippen LogP contribution is -2.43. The minimum atomic E-state index is -1.82. The Balaban J connectivity index is 1.39. The molecular formula is C47H52BrN4O9P. The molecule has 3 heterocycles. The smallest absolute Gasteiger partial charge is 0.330 e. The van der Waals surface area contributed by atoms with E-state index in [9.17, 15) is 14.9 Å². The van der Waals surface area contributed by atoms with Crippen LogP contribution in [0.5, 0.6) is 11.5 Å². The molecule has 13 nitrogen and oxygen atoms in total. The van der Waals surface area contributed by atoms with Gasteiger partial charge in [0.1, 0.15) is 47.2 Å². The first kappa shape index (κ1) is 45.3. The number of aromatic nitrogens is 2. The number of rotatable bonds is 18. The Morgan fingerprint density at radius 3 is 2.00 bits per heavy atom. The van der Waals surface area contributed by atoms with E-state index in [-0.39, 0.29) is 42.6 Å². The maximum Gasteiger partial charge on any atom is 0.330 e. The van der Waals surface area contributed by atoms with Crippen LogP contribution in [0.3, 0.4) is 0 Å². The van der Waals surface area contributed by atoms with Gasteiger partial charge in [0.05, 0.1) is 44.4 Å². The second-order valence-corrected chi connectivity index (χ2v) is 18.0. The maximum absolute atomic E-state index is 13.4. The lowest BCUT2D eigenvalue weighted by Gasteiger charge is -2.39. The van der Waals surface area contributed by atoms with Crippen molar-refractivity contribution in [3.8, 4) is 17.6 Å². The molecule has 62 heavy (non-hydrogen) atoms. The van der Waals surface area contributed by atoms with Gasteiger partial charge in [-0.3, -0.25) is 14.3 Å². The van der Waals surface area contributed by atoms with Crippen LogP contribution in [0.15, 0.2) is 129 Å². The summed E-state index contributed by atoms with van der Waals surface area (Å²) in [5.41, 5.74) is -0.129. The second kappa shape index (κ2) is 19.8. The predicted molar refractivity (Wildman–Crippen MR) is 239 cm³/mol. The van der Waals surface area contributed by atoms with Crippen LogP contribution in [0.2, 0.25) is 0 Å². The fourth-order valence-corrected chi connectivity index (χ4v) is 10.6.